The van der Waals surface area contributed by atoms with Crippen LogP contribution in [0.15, 0.2) is 0 Å². The first-order valence-electron chi connectivity index (χ1n) is 6.23. The maximum atomic E-state index is 12.0. The summed E-state index contributed by atoms with van der Waals surface area (Å²) >= 11 is 0. The number of amides is 1. The number of hydrogen-bond donors (Lipinski definition) is 3. The van der Waals surface area contributed by atoms with Gasteiger partial charge >= 0.3 is 11.9 Å². The van der Waals surface area contributed by atoms with E-state index in [-0.39, 0.29) is 11.8 Å². The van der Waals surface area contributed by atoms with Crippen molar-refractivity contribution in [2.75, 3.05) is 6.54 Å². The Morgan fingerprint density at radius 2 is 1.44 bits per heavy atom. The molecule has 3 N–H and O–H groups in total. The molecule has 0 radical (unpaired) electrons. The Kier molecular flexibility index (Phi) is 3.54. The summed E-state index contributed by atoms with van der Waals surface area (Å²) in [6.45, 7) is -0.445. The molecule has 3 saturated carbocycles. The summed E-state index contributed by atoms with van der Waals surface area (Å²) in [4.78, 5) is 33.7. The highest BCUT2D eigenvalue weighted by Crippen LogP contribution is 2.48. The molecule has 3 aliphatic carbocycles. The number of rotatable bonds is 4. The second-order valence-corrected chi connectivity index (χ2v) is 5.18. The van der Waals surface area contributed by atoms with E-state index < -0.39 is 36.2 Å². The van der Waals surface area contributed by atoms with Gasteiger partial charge in [-0.1, -0.05) is 0 Å². The van der Waals surface area contributed by atoms with Gasteiger partial charge in [-0.05, 0) is 37.5 Å². The molecule has 0 aromatic heterocycles. The molecule has 0 saturated heterocycles. The van der Waals surface area contributed by atoms with E-state index in [4.69, 9.17) is 5.11 Å². The zero-order chi connectivity index (χ0) is 13.3. The normalized spacial score (nSPS) is 34.0. The molecule has 6 nitrogen and oxygen atoms in total. The third kappa shape index (κ3) is 2.32. The quantitative estimate of drug-likeness (QED) is 0.671. The van der Waals surface area contributed by atoms with Crippen LogP contribution in [0.2, 0.25) is 0 Å². The second kappa shape index (κ2) is 4.96. The van der Waals surface area contributed by atoms with Gasteiger partial charge in [0.25, 0.3) is 0 Å². The van der Waals surface area contributed by atoms with Crippen LogP contribution in [-0.4, -0.2) is 34.6 Å². The molecule has 0 spiro atoms. The first-order valence-corrected chi connectivity index (χ1v) is 6.23. The second-order valence-electron chi connectivity index (χ2n) is 5.18. The number of hydrogen-bond acceptors (Lipinski definition) is 3. The van der Waals surface area contributed by atoms with Gasteiger partial charge in [0.2, 0.25) is 5.91 Å². The topological polar surface area (TPSA) is 104 Å². The van der Waals surface area contributed by atoms with Gasteiger partial charge in [-0.15, -0.1) is 0 Å². The Morgan fingerprint density at radius 3 is 1.89 bits per heavy atom. The molecule has 100 valence electrons. The fraction of sp³-hybridized carbons (Fsp3) is 0.750. The van der Waals surface area contributed by atoms with Crippen molar-refractivity contribution in [2.24, 2.45) is 23.7 Å². The summed E-state index contributed by atoms with van der Waals surface area (Å²) in [5, 5.41) is 20.1. The van der Waals surface area contributed by atoms with Crippen LogP contribution in [0.1, 0.15) is 25.7 Å². The molecule has 0 aromatic carbocycles. The largest absolute Gasteiger partial charge is 0.481 e. The van der Waals surface area contributed by atoms with E-state index in [1.807, 2.05) is 0 Å². The molecule has 18 heavy (non-hydrogen) atoms. The Balaban J connectivity index is 2.10. The van der Waals surface area contributed by atoms with Crippen molar-refractivity contribution in [3.63, 3.8) is 0 Å². The van der Waals surface area contributed by atoms with E-state index in [0.717, 1.165) is 25.7 Å². The summed E-state index contributed by atoms with van der Waals surface area (Å²) in [6.07, 6.45) is 3.48. The first kappa shape index (κ1) is 12.9. The molecule has 0 heterocycles. The van der Waals surface area contributed by atoms with E-state index in [1.165, 1.54) is 0 Å². The zero-order valence-corrected chi connectivity index (χ0v) is 9.96. The summed E-state index contributed by atoms with van der Waals surface area (Å²) in [5.74, 6) is -3.52. The molecular formula is C12H17NO5. The lowest BCUT2D eigenvalue weighted by molar-refractivity contribution is -0.158. The molecule has 0 aromatic rings. The Bertz CT molecular complexity index is 373. The third-order valence-electron chi connectivity index (χ3n) is 4.22. The minimum atomic E-state index is -1.11. The maximum absolute atomic E-state index is 12.0. The highest BCUT2D eigenvalue weighted by molar-refractivity contribution is 5.87. The number of carboxylic acids is 2. The van der Waals surface area contributed by atoms with Gasteiger partial charge in [0.1, 0.15) is 6.54 Å². The standard InChI is InChI=1S/C12H17NO5/c14-8(15)5-13-11(16)9-6-1-3-7(4-2-6)10(9)12(17)18/h6-7,9-10H,1-5H2,(H,13,16)(H,14,15)(H,17,18)/t6?,7?,9-,10+/m0/s1. The Labute approximate surface area is 104 Å². The molecule has 1 amide bonds. The van der Waals surface area contributed by atoms with Crippen LogP contribution in [0.4, 0.5) is 0 Å². The minimum Gasteiger partial charge on any atom is -0.481 e. The molecule has 2 atom stereocenters. The summed E-state index contributed by atoms with van der Waals surface area (Å²) < 4.78 is 0. The predicted octanol–water partition coefficient (Wildman–Crippen LogP) is 0.324. The lowest BCUT2D eigenvalue weighted by atomic mass is 9.58. The van der Waals surface area contributed by atoms with Gasteiger partial charge < -0.3 is 15.5 Å². The number of carbonyl (C=O) groups excluding carboxylic acids is 1. The van der Waals surface area contributed by atoms with Gasteiger partial charge in [-0.3, -0.25) is 14.4 Å². The average Bonchev–Trinajstić information content (AvgIpc) is 2.36. The van der Waals surface area contributed by atoms with E-state index in [9.17, 15) is 19.5 Å². The van der Waals surface area contributed by atoms with Gasteiger partial charge in [-0.25, -0.2) is 0 Å². The SMILES string of the molecule is O=C(O)CNC(=O)[C@H]1C2CCC(CC2)[C@H]1C(=O)O. The number of carboxylic acid groups (broad SMARTS) is 2. The van der Waals surface area contributed by atoms with Crippen LogP contribution < -0.4 is 5.32 Å². The summed E-state index contributed by atoms with van der Waals surface area (Å²) in [6, 6.07) is 0. The summed E-state index contributed by atoms with van der Waals surface area (Å²) in [7, 11) is 0. The van der Waals surface area contributed by atoms with Gasteiger partial charge in [0.15, 0.2) is 0 Å². The van der Waals surface area contributed by atoms with E-state index >= 15 is 0 Å². The highest BCUT2D eigenvalue weighted by atomic mass is 16.4. The average molecular weight is 255 g/mol. The molecule has 6 heteroatoms. The van der Waals surface area contributed by atoms with Crippen LogP contribution in [0, 0.1) is 23.7 Å². The Morgan fingerprint density at radius 1 is 0.944 bits per heavy atom. The van der Waals surface area contributed by atoms with Crippen molar-refractivity contribution < 1.29 is 24.6 Å². The minimum absolute atomic E-state index is 0.0630. The fourth-order valence-corrected chi connectivity index (χ4v) is 3.46. The molecule has 0 aliphatic heterocycles. The smallest absolute Gasteiger partial charge is 0.322 e. The molecule has 0 unspecified atom stereocenters. The van der Waals surface area contributed by atoms with Crippen molar-refractivity contribution in [1.29, 1.82) is 0 Å². The maximum Gasteiger partial charge on any atom is 0.322 e. The fourth-order valence-electron chi connectivity index (χ4n) is 3.46. The monoisotopic (exact) mass is 255 g/mol. The van der Waals surface area contributed by atoms with Crippen LogP contribution in [-0.2, 0) is 14.4 Å². The van der Waals surface area contributed by atoms with Gasteiger partial charge in [0.05, 0.1) is 11.8 Å². The van der Waals surface area contributed by atoms with Crippen LogP contribution in [0.3, 0.4) is 0 Å². The first-order chi connectivity index (χ1) is 8.50. The summed E-state index contributed by atoms with van der Waals surface area (Å²) in [5.41, 5.74) is 0. The van der Waals surface area contributed by atoms with E-state index in [1.54, 1.807) is 0 Å². The zero-order valence-electron chi connectivity index (χ0n) is 9.96. The Hall–Kier alpha value is -1.59. The van der Waals surface area contributed by atoms with Crippen molar-refractivity contribution in [1.82, 2.24) is 5.32 Å². The van der Waals surface area contributed by atoms with Gasteiger partial charge in [0, 0.05) is 0 Å². The lowest BCUT2D eigenvalue weighted by Gasteiger charge is -2.45. The number of nitrogens with one attached hydrogen (secondary N) is 1. The number of fused-ring (bicyclic) bond motifs is 3. The molecule has 3 aliphatic rings. The van der Waals surface area contributed by atoms with E-state index in [0.29, 0.717) is 0 Å². The van der Waals surface area contributed by atoms with Crippen LogP contribution >= 0.6 is 0 Å². The molecular weight excluding hydrogens is 238 g/mol. The number of carbonyl (C=O) groups is 3. The molecule has 2 bridgehead atoms. The van der Waals surface area contributed by atoms with Crippen molar-refractivity contribution in [2.45, 2.75) is 25.7 Å². The van der Waals surface area contributed by atoms with Crippen molar-refractivity contribution >= 4 is 17.8 Å². The van der Waals surface area contributed by atoms with Crippen LogP contribution in [0.5, 0.6) is 0 Å². The number of aliphatic carboxylic acids is 2. The third-order valence-corrected chi connectivity index (χ3v) is 4.22. The lowest BCUT2D eigenvalue weighted by Crippen LogP contribution is -2.51. The highest BCUT2D eigenvalue weighted by Gasteiger charge is 2.50. The molecule has 3 fully saturated rings. The molecule has 3 rings (SSSR count). The predicted molar refractivity (Wildman–Crippen MR) is 60.7 cm³/mol. The van der Waals surface area contributed by atoms with E-state index in [2.05, 4.69) is 5.32 Å². The van der Waals surface area contributed by atoms with Crippen LogP contribution in [0.25, 0.3) is 0 Å². The van der Waals surface area contributed by atoms with Gasteiger partial charge in [-0.2, -0.15) is 0 Å². The van der Waals surface area contributed by atoms with Crippen molar-refractivity contribution in [3.8, 4) is 0 Å². The van der Waals surface area contributed by atoms with Crippen molar-refractivity contribution in [3.05, 3.63) is 0 Å².